The summed E-state index contributed by atoms with van der Waals surface area (Å²) in [6, 6.07) is 76.1. The number of aryl methyl sites for hydroxylation is 4. The SMILES string of the molecule is Cc1ccc(P2(c3ccc(C)cc3)=C(P(=O)(c3ccccc3)c3ccccc3)P(c3ccc(C)cc3)(c3ccc(C)cc3)=C2P(=O)(c2ccccc2)c2ccccc2)cc1. The maximum atomic E-state index is 18.1. The summed E-state index contributed by atoms with van der Waals surface area (Å²) in [5.41, 5.74) is 4.52. The third-order valence-corrected chi connectivity index (χ3v) is 34.4. The van der Waals surface area contributed by atoms with E-state index in [1.165, 1.54) is 0 Å². The summed E-state index contributed by atoms with van der Waals surface area (Å²) in [7, 11) is -7.59. The summed E-state index contributed by atoms with van der Waals surface area (Å²) in [6.45, 7) is 1.94. The zero-order valence-electron chi connectivity index (χ0n) is 34.4. The van der Waals surface area contributed by atoms with Gasteiger partial charge in [-0.05, 0) is 62.7 Å². The average Bonchev–Trinajstić information content (AvgIpc) is 3.29. The predicted octanol–water partition coefficient (Wildman–Crippen LogP) is 10.8. The second kappa shape index (κ2) is 16.0. The predicted molar refractivity (Wildman–Crippen MR) is 267 cm³/mol. The highest BCUT2D eigenvalue weighted by Gasteiger charge is 2.63. The Labute approximate surface area is 355 Å². The standard InChI is InChI=1S/C54H48O2P4/c1-41-25-33-45(34-26-41)57(46-35-27-42(2)28-36-46)53(59(55,49-17-9-5-10-18-49)50-19-11-6-12-20-50)58(47-37-29-43(3)30-38-47,48-39-31-44(4)32-40-48)54(57)60(56,51-21-13-7-14-22-51)52-23-15-8-16-24-52/h5-40H,1-4H3. The molecule has 0 unspecified atom stereocenters. The molecule has 1 aliphatic rings. The van der Waals surface area contributed by atoms with Crippen molar-refractivity contribution in [3.63, 3.8) is 0 Å². The van der Waals surface area contributed by atoms with Crippen LogP contribution in [-0.2, 0) is 9.13 Å². The van der Waals surface area contributed by atoms with E-state index in [9.17, 15) is 0 Å². The minimum Gasteiger partial charge on any atom is -0.309 e. The molecule has 0 bridgehead atoms. The van der Waals surface area contributed by atoms with Crippen LogP contribution in [0.2, 0.25) is 0 Å². The molecule has 0 aromatic heterocycles. The Morgan fingerprint density at radius 3 is 0.633 bits per heavy atom. The molecule has 2 nitrogen and oxygen atoms in total. The van der Waals surface area contributed by atoms with Crippen molar-refractivity contribution in [2.75, 3.05) is 0 Å². The molecule has 1 heterocycles. The summed E-state index contributed by atoms with van der Waals surface area (Å²) in [5, 5.41) is 7.40. The molecule has 0 N–H and O–H groups in total. The lowest BCUT2D eigenvalue weighted by atomic mass is 10.2. The second-order valence-electron chi connectivity index (χ2n) is 15.8. The largest absolute Gasteiger partial charge is 0.309 e. The quantitative estimate of drug-likeness (QED) is 0.128. The van der Waals surface area contributed by atoms with Gasteiger partial charge in [0.05, 0.1) is 0 Å². The third-order valence-electron chi connectivity index (χ3n) is 11.9. The van der Waals surface area contributed by atoms with E-state index in [0.717, 1.165) is 74.2 Å². The summed E-state index contributed by atoms with van der Waals surface area (Å²) in [4.78, 5) is 0. The topological polar surface area (TPSA) is 34.1 Å². The first-order valence-corrected chi connectivity index (χ1v) is 27.4. The molecule has 0 spiro atoms. The molecule has 296 valence electrons. The minimum absolute atomic E-state index is 0.784. The lowest BCUT2D eigenvalue weighted by Gasteiger charge is -2.56. The van der Waals surface area contributed by atoms with E-state index in [2.05, 4.69) is 173 Å². The van der Waals surface area contributed by atoms with E-state index in [0.29, 0.717) is 0 Å². The Morgan fingerprint density at radius 1 is 0.267 bits per heavy atom. The van der Waals surface area contributed by atoms with Crippen LogP contribution in [0, 0.1) is 27.7 Å². The highest BCUT2D eigenvalue weighted by atomic mass is 31.3. The van der Waals surface area contributed by atoms with E-state index < -0.39 is 28.1 Å². The van der Waals surface area contributed by atoms with E-state index in [1.54, 1.807) is 0 Å². The Morgan fingerprint density at radius 2 is 0.450 bits per heavy atom. The normalized spacial score (nSPS) is 14.7. The van der Waals surface area contributed by atoms with Crippen molar-refractivity contribution in [1.29, 1.82) is 0 Å². The van der Waals surface area contributed by atoms with E-state index in [-0.39, 0.29) is 0 Å². The molecule has 8 aromatic carbocycles. The van der Waals surface area contributed by atoms with Gasteiger partial charge in [-0.3, -0.25) is 0 Å². The molecule has 1 aliphatic heterocycles. The van der Waals surface area contributed by atoms with Crippen molar-refractivity contribution in [3.8, 4) is 0 Å². The zero-order chi connectivity index (χ0) is 41.5. The van der Waals surface area contributed by atoms with Gasteiger partial charge in [0.2, 0.25) is 0 Å². The summed E-state index contributed by atoms with van der Waals surface area (Å²) in [6.07, 6.45) is 0. The van der Waals surface area contributed by atoms with Crippen LogP contribution in [-0.4, -0.2) is 9.55 Å². The molecule has 0 saturated heterocycles. The third kappa shape index (κ3) is 6.24. The Balaban J connectivity index is 1.69. The maximum Gasteiger partial charge on any atom is 0.173 e. The summed E-state index contributed by atoms with van der Waals surface area (Å²) < 4.78 is 38.2. The molecule has 0 saturated carbocycles. The van der Waals surface area contributed by atoms with Gasteiger partial charge in [0.15, 0.2) is 14.3 Å². The highest BCUT2D eigenvalue weighted by molar-refractivity contribution is 8.53. The average molecular weight is 853 g/mol. The first kappa shape index (κ1) is 40.2. The van der Waals surface area contributed by atoms with Crippen LogP contribution in [0.15, 0.2) is 218 Å². The van der Waals surface area contributed by atoms with Crippen LogP contribution in [0.1, 0.15) is 22.3 Å². The molecule has 0 radical (unpaired) electrons. The molecular weight excluding hydrogens is 804 g/mol. The van der Waals surface area contributed by atoms with Crippen LogP contribution in [0.5, 0.6) is 0 Å². The number of hydrogen-bond acceptors (Lipinski definition) is 2. The van der Waals surface area contributed by atoms with Crippen molar-refractivity contribution >= 4 is 80.0 Å². The van der Waals surface area contributed by atoms with Crippen LogP contribution in [0.4, 0.5) is 0 Å². The smallest absolute Gasteiger partial charge is 0.173 e. The fraction of sp³-hybridized carbons (Fsp3) is 0.0741. The van der Waals surface area contributed by atoms with Crippen LogP contribution in [0.3, 0.4) is 0 Å². The maximum absolute atomic E-state index is 18.1. The molecular formula is C54H48O2P4. The summed E-state index contributed by atoms with van der Waals surface area (Å²) >= 11 is 0. The zero-order valence-corrected chi connectivity index (χ0v) is 38.0. The first-order valence-electron chi connectivity index (χ1n) is 20.4. The van der Waals surface area contributed by atoms with Crippen LogP contribution >= 0.6 is 28.1 Å². The van der Waals surface area contributed by atoms with Crippen LogP contribution < -0.4 is 42.4 Å². The van der Waals surface area contributed by atoms with Gasteiger partial charge >= 0.3 is 0 Å². The van der Waals surface area contributed by atoms with Gasteiger partial charge in [-0.1, -0.05) is 241 Å². The van der Waals surface area contributed by atoms with Gasteiger partial charge in [0, 0.05) is 30.8 Å². The van der Waals surface area contributed by atoms with Gasteiger partial charge in [-0.25, -0.2) is 0 Å². The molecule has 8 aromatic rings. The highest BCUT2D eigenvalue weighted by Crippen LogP contribution is 2.88. The van der Waals surface area contributed by atoms with Gasteiger partial charge in [0.25, 0.3) is 0 Å². The summed E-state index contributed by atoms with van der Waals surface area (Å²) in [5.74, 6) is 0. The Bertz CT molecular complexity index is 2620. The molecule has 0 amide bonds. The van der Waals surface area contributed by atoms with Gasteiger partial charge in [0.1, 0.15) is 0 Å². The Hall–Kier alpha value is -5.18. The fourth-order valence-electron chi connectivity index (χ4n) is 9.04. The molecule has 60 heavy (non-hydrogen) atoms. The van der Waals surface area contributed by atoms with Crippen molar-refractivity contribution in [2.45, 2.75) is 27.7 Å². The van der Waals surface area contributed by atoms with E-state index >= 15 is 9.13 Å². The fourth-order valence-corrected chi connectivity index (χ4v) is 39.9. The van der Waals surface area contributed by atoms with Crippen molar-refractivity contribution in [2.24, 2.45) is 0 Å². The Kier molecular flexibility index (Phi) is 10.7. The van der Waals surface area contributed by atoms with Crippen LogP contribution in [0.25, 0.3) is 0 Å². The molecule has 0 fully saturated rings. The van der Waals surface area contributed by atoms with Gasteiger partial charge in [-0.2, -0.15) is 0 Å². The van der Waals surface area contributed by atoms with Gasteiger partial charge in [-0.15, -0.1) is 0 Å². The molecule has 9 rings (SSSR count). The first-order chi connectivity index (χ1) is 29.1. The van der Waals surface area contributed by atoms with E-state index in [4.69, 9.17) is 0 Å². The molecule has 0 aliphatic carbocycles. The van der Waals surface area contributed by atoms with Gasteiger partial charge < -0.3 is 9.13 Å². The number of rotatable bonds is 10. The lowest BCUT2D eigenvalue weighted by molar-refractivity contribution is 0.593. The van der Waals surface area contributed by atoms with E-state index in [1.807, 2.05) is 72.8 Å². The monoisotopic (exact) mass is 852 g/mol. The van der Waals surface area contributed by atoms with Crippen molar-refractivity contribution in [3.05, 3.63) is 241 Å². The van der Waals surface area contributed by atoms with Crippen molar-refractivity contribution < 1.29 is 9.13 Å². The second-order valence-corrected chi connectivity index (χ2v) is 29.9. The lowest BCUT2D eigenvalue weighted by Crippen LogP contribution is -2.47. The number of benzene rings is 8. The molecule has 6 heteroatoms. The minimum atomic E-state index is -3.80. The number of hydrogen-bond donors (Lipinski definition) is 0. The molecule has 0 atom stereocenters. The van der Waals surface area contributed by atoms with Crippen molar-refractivity contribution in [1.82, 2.24) is 0 Å².